The fourth-order valence-electron chi connectivity index (χ4n) is 2.05. The van der Waals surface area contributed by atoms with Crippen molar-refractivity contribution in [2.24, 2.45) is 0 Å². The number of rotatable bonds is 4. The monoisotopic (exact) mass is 225 g/mol. The van der Waals surface area contributed by atoms with E-state index in [4.69, 9.17) is 0 Å². The molecule has 1 aromatic rings. The molecular weight excluding hydrogens is 206 g/mol. The van der Waals surface area contributed by atoms with Gasteiger partial charge in [-0.25, -0.2) is 4.98 Å². The molecule has 4 heteroatoms. The summed E-state index contributed by atoms with van der Waals surface area (Å²) in [4.78, 5) is 7.10. The summed E-state index contributed by atoms with van der Waals surface area (Å²) < 4.78 is 0. The SMILES string of the molecule is CCc1csc(N(CC)C2CCNC2)n1. The highest BCUT2D eigenvalue weighted by Crippen LogP contribution is 2.24. The Morgan fingerprint density at radius 2 is 2.47 bits per heavy atom. The Balaban J connectivity index is 2.10. The number of hydrogen-bond acceptors (Lipinski definition) is 4. The first-order valence-electron chi connectivity index (χ1n) is 5.77. The van der Waals surface area contributed by atoms with Gasteiger partial charge in [0.2, 0.25) is 0 Å². The van der Waals surface area contributed by atoms with Crippen LogP contribution in [0, 0.1) is 0 Å². The van der Waals surface area contributed by atoms with Gasteiger partial charge in [0.05, 0.1) is 5.69 Å². The molecule has 0 bridgehead atoms. The first kappa shape index (κ1) is 10.9. The first-order valence-corrected chi connectivity index (χ1v) is 6.64. The number of nitrogens with zero attached hydrogens (tertiary/aromatic N) is 2. The summed E-state index contributed by atoms with van der Waals surface area (Å²) in [5, 5.41) is 6.79. The summed E-state index contributed by atoms with van der Waals surface area (Å²) in [6, 6.07) is 0.644. The van der Waals surface area contributed by atoms with Crippen molar-refractivity contribution in [1.82, 2.24) is 10.3 Å². The van der Waals surface area contributed by atoms with Crippen LogP contribution in [0.5, 0.6) is 0 Å². The maximum absolute atomic E-state index is 4.66. The number of likely N-dealkylation sites (N-methyl/N-ethyl adjacent to an activating group) is 1. The van der Waals surface area contributed by atoms with Gasteiger partial charge in [-0.05, 0) is 26.3 Å². The third-order valence-corrected chi connectivity index (χ3v) is 3.89. The molecular formula is C11H19N3S. The van der Waals surface area contributed by atoms with E-state index in [0.717, 1.165) is 26.1 Å². The van der Waals surface area contributed by atoms with Crippen molar-refractivity contribution in [2.45, 2.75) is 32.7 Å². The van der Waals surface area contributed by atoms with Crippen molar-refractivity contribution >= 4 is 16.5 Å². The van der Waals surface area contributed by atoms with Gasteiger partial charge >= 0.3 is 0 Å². The molecule has 1 unspecified atom stereocenters. The highest BCUT2D eigenvalue weighted by molar-refractivity contribution is 7.13. The average molecular weight is 225 g/mol. The molecule has 0 spiro atoms. The lowest BCUT2D eigenvalue weighted by molar-refractivity contribution is 0.645. The molecule has 0 aromatic carbocycles. The topological polar surface area (TPSA) is 28.2 Å². The third-order valence-electron chi connectivity index (χ3n) is 2.96. The first-order chi connectivity index (χ1) is 7.35. The molecule has 1 N–H and O–H groups in total. The molecule has 1 aliphatic rings. The highest BCUT2D eigenvalue weighted by atomic mass is 32.1. The molecule has 3 nitrogen and oxygen atoms in total. The number of aromatic nitrogens is 1. The van der Waals surface area contributed by atoms with E-state index >= 15 is 0 Å². The van der Waals surface area contributed by atoms with Crippen molar-refractivity contribution in [2.75, 3.05) is 24.5 Å². The van der Waals surface area contributed by atoms with Crippen LogP contribution < -0.4 is 10.2 Å². The van der Waals surface area contributed by atoms with Crippen LogP contribution in [0.2, 0.25) is 0 Å². The molecule has 0 aliphatic carbocycles. The molecule has 0 amide bonds. The van der Waals surface area contributed by atoms with Gasteiger partial charge in [-0.15, -0.1) is 11.3 Å². The van der Waals surface area contributed by atoms with E-state index in [1.165, 1.54) is 17.2 Å². The summed E-state index contributed by atoms with van der Waals surface area (Å²) in [5.74, 6) is 0. The number of aryl methyl sites for hydroxylation is 1. The fourth-order valence-corrected chi connectivity index (χ4v) is 3.09. The van der Waals surface area contributed by atoms with Crippen molar-refractivity contribution < 1.29 is 0 Å². The highest BCUT2D eigenvalue weighted by Gasteiger charge is 2.23. The van der Waals surface area contributed by atoms with Crippen molar-refractivity contribution in [1.29, 1.82) is 0 Å². The standard InChI is InChI=1S/C11H19N3S/c1-3-9-8-15-11(13-9)14(4-2)10-5-6-12-7-10/h8,10,12H,3-7H2,1-2H3. The maximum atomic E-state index is 4.66. The van der Waals surface area contributed by atoms with Gasteiger partial charge in [-0.3, -0.25) is 0 Å². The van der Waals surface area contributed by atoms with E-state index in [2.05, 4.69) is 34.4 Å². The molecule has 0 radical (unpaired) electrons. The van der Waals surface area contributed by atoms with Crippen LogP contribution in [0.4, 0.5) is 5.13 Å². The van der Waals surface area contributed by atoms with Crippen LogP contribution in [0.3, 0.4) is 0 Å². The van der Waals surface area contributed by atoms with Gasteiger partial charge in [0.15, 0.2) is 5.13 Å². The second-order valence-corrected chi connectivity index (χ2v) is 4.74. The number of thiazole rings is 1. The lowest BCUT2D eigenvalue weighted by Crippen LogP contribution is -2.36. The predicted octanol–water partition coefficient (Wildman–Crippen LogP) is 1.89. The predicted molar refractivity (Wildman–Crippen MR) is 65.8 cm³/mol. The van der Waals surface area contributed by atoms with Gasteiger partial charge in [0, 0.05) is 24.5 Å². The number of hydrogen-bond donors (Lipinski definition) is 1. The quantitative estimate of drug-likeness (QED) is 0.848. The van der Waals surface area contributed by atoms with Gasteiger partial charge < -0.3 is 10.2 Å². The molecule has 1 aliphatic heterocycles. The fraction of sp³-hybridized carbons (Fsp3) is 0.727. The van der Waals surface area contributed by atoms with Gasteiger partial charge in [0.1, 0.15) is 0 Å². The average Bonchev–Trinajstić information content (AvgIpc) is 2.89. The van der Waals surface area contributed by atoms with Crippen LogP contribution >= 0.6 is 11.3 Å². The van der Waals surface area contributed by atoms with Crippen LogP contribution in [0.25, 0.3) is 0 Å². The Hall–Kier alpha value is -0.610. The summed E-state index contributed by atoms with van der Waals surface area (Å²) in [5.41, 5.74) is 1.22. The Morgan fingerprint density at radius 3 is 3.00 bits per heavy atom. The normalized spacial score (nSPS) is 20.8. The summed E-state index contributed by atoms with van der Waals surface area (Å²) in [6.45, 7) is 7.68. The van der Waals surface area contributed by atoms with Gasteiger partial charge in [-0.1, -0.05) is 6.92 Å². The molecule has 1 saturated heterocycles. The van der Waals surface area contributed by atoms with Crippen molar-refractivity contribution in [3.05, 3.63) is 11.1 Å². The van der Waals surface area contributed by atoms with Gasteiger partial charge in [-0.2, -0.15) is 0 Å². The molecule has 1 fully saturated rings. The van der Waals surface area contributed by atoms with E-state index in [0.29, 0.717) is 6.04 Å². The summed E-state index contributed by atoms with van der Waals surface area (Å²) >= 11 is 1.78. The van der Waals surface area contributed by atoms with Crippen molar-refractivity contribution in [3.63, 3.8) is 0 Å². The lowest BCUT2D eigenvalue weighted by Gasteiger charge is -2.26. The Kier molecular flexibility index (Phi) is 3.59. The van der Waals surface area contributed by atoms with Gasteiger partial charge in [0.25, 0.3) is 0 Å². The Labute approximate surface area is 95.5 Å². The minimum Gasteiger partial charge on any atom is -0.344 e. The van der Waals surface area contributed by atoms with E-state index in [9.17, 15) is 0 Å². The van der Waals surface area contributed by atoms with Crippen molar-refractivity contribution in [3.8, 4) is 0 Å². The van der Waals surface area contributed by atoms with E-state index in [1.54, 1.807) is 11.3 Å². The Bertz CT molecular complexity index is 305. The van der Waals surface area contributed by atoms with E-state index in [-0.39, 0.29) is 0 Å². The number of anilines is 1. The van der Waals surface area contributed by atoms with Crippen LogP contribution in [0.15, 0.2) is 5.38 Å². The third kappa shape index (κ3) is 2.32. The lowest BCUT2D eigenvalue weighted by atomic mass is 10.2. The minimum atomic E-state index is 0.644. The molecule has 2 rings (SSSR count). The Morgan fingerprint density at radius 1 is 1.60 bits per heavy atom. The summed E-state index contributed by atoms with van der Waals surface area (Å²) in [7, 11) is 0. The molecule has 2 heterocycles. The largest absolute Gasteiger partial charge is 0.344 e. The molecule has 1 aromatic heterocycles. The second kappa shape index (κ2) is 4.94. The number of nitrogens with one attached hydrogen (secondary N) is 1. The molecule has 15 heavy (non-hydrogen) atoms. The van der Waals surface area contributed by atoms with E-state index in [1.807, 2.05) is 0 Å². The second-order valence-electron chi connectivity index (χ2n) is 3.91. The summed E-state index contributed by atoms with van der Waals surface area (Å²) in [6.07, 6.45) is 2.28. The zero-order valence-corrected chi connectivity index (χ0v) is 10.3. The zero-order valence-electron chi connectivity index (χ0n) is 9.49. The van der Waals surface area contributed by atoms with Crippen LogP contribution in [0.1, 0.15) is 26.0 Å². The molecule has 0 saturated carbocycles. The smallest absolute Gasteiger partial charge is 0.185 e. The van der Waals surface area contributed by atoms with E-state index < -0.39 is 0 Å². The molecule has 1 atom stereocenters. The zero-order chi connectivity index (χ0) is 10.7. The van der Waals surface area contributed by atoms with Crippen LogP contribution in [-0.2, 0) is 6.42 Å². The maximum Gasteiger partial charge on any atom is 0.185 e. The molecule has 84 valence electrons. The minimum absolute atomic E-state index is 0.644. The van der Waals surface area contributed by atoms with Crippen LogP contribution in [-0.4, -0.2) is 30.7 Å².